The minimum Gasteiger partial charge on any atom is -0.457 e. The first-order valence-corrected chi connectivity index (χ1v) is 9.03. The molecule has 1 unspecified atom stereocenters. The monoisotopic (exact) mass is 403 g/mol. The second-order valence-corrected chi connectivity index (χ2v) is 6.78. The van der Waals surface area contributed by atoms with Crippen molar-refractivity contribution in [3.63, 3.8) is 0 Å². The third-order valence-electron chi connectivity index (χ3n) is 4.79. The molecule has 0 saturated heterocycles. The zero-order chi connectivity index (χ0) is 21.2. The fourth-order valence-electron chi connectivity index (χ4n) is 3.36. The SMILES string of the molecule is CC(CCO)c1c(C(N)=O)ccc2c(Oc3ccc(C(F)(F)F)cc3)cccc12. The molecule has 7 heteroatoms. The largest absolute Gasteiger partial charge is 0.457 e. The zero-order valence-electron chi connectivity index (χ0n) is 15.7. The van der Waals surface area contributed by atoms with Crippen molar-refractivity contribution in [3.8, 4) is 11.5 Å². The molecule has 0 aromatic heterocycles. The third kappa shape index (κ3) is 4.35. The van der Waals surface area contributed by atoms with Crippen LogP contribution in [0.3, 0.4) is 0 Å². The number of hydrogen-bond donors (Lipinski definition) is 2. The number of primary amides is 1. The average molecular weight is 403 g/mol. The molecule has 29 heavy (non-hydrogen) atoms. The fraction of sp³-hybridized carbons (Fsp3) is 0.227. The Morgan fingerprint density at radius 3 is 2.34 bits per heavy atom. The van der Waals surface area contributed by atoms with Gasteiger partial charge < -0.3 is 15.6 Å². The predicted octanol–water partition coefficient (Wildman–Crippen LogP) is 5.24. The predicted molar refractivity (Wildman–Crippen MR) is 104 cm³/mol. The summed E-state index contributed by atoms with van der Waals surface area (Å²) >= 11 is 0. The summed E-state index contributed by atoms with van der Waals surface area (Å²) in [5.74, 6) is -0.00145. The summed E-state index contributed by atoms with van der Waals surface area (Å²) in [6.45, 7) is 1.85. The van der Waals surface area contributed by atoms with Crippen LogP contribution < -0.4 is 10.5 Å². The molecule has 0 aliphatic carbocycles. The van der Waals surface area contributed by atoms with E-state index in [0.29, 0.717) is 28.7 Å². The third-order valence-corrected chi connectivity index (χ3v) is 4.79. The zero-order valence-corrected chi connectivity index (χ0v) is 15.7. The molecule has 0 radical (unpaired) electrons. The molecule has 0 heterocycles. The van der Waals surface area contributed by atoms with E-state index in [-0.39, 0.29) is 18.3 Å². The van der Waals surface area contributed by atoms with Gasteiger partial charge in [0.2, 0.25) is 5.91 Å². The number of nitrogens with two attached hydrogens (primary N) is 1. The number of aliphatic hydroxyl groups is 1. The number of alkyl halides is 3. The topological polar surface area (TPSA) is 72.5 Å². The van der Waals surface area contributed by atoms with Crippen LogP contribution in [0.1, 0.15) is 40.7 Å². The smallest absolute Gasteiger partial charge is 0.416 e. The molecule has 3 N–H and O–H groups in total. The van der Waals surface area contributed by atoms with Crippen LogP contribution in [-0.4, -0.2) is 17.6 Å². The standard InChI is InChI=1S/C22H20F3NO3/c1-13(11-12-27)20-17-3-2-4-19(16(17)9-10-18(20)21(26)28)29-15-7-5-14(6-8-15)22(23,24)25/h2-10,13,27H,11-12H2,1H3,(H2,26,28). The van der Waals surface area contributed by atoms with E-state index in [1.807, 2.05) is 13.0 Å². The van der Waals surface area contributed by atoms with Crippen LogP contribution in [0.2, 0.25) is 0 Å². The number of hydrogen-bond acceptors (Lipinski definition) is 3. The van der Waals surface area contributed by atoms with Gasteiger partial charge in [-0.05, 0) is 65.8 Å². The van der Waals surface area contributed by atoms with Crippen molar-refractivity contribution in [2.24, 2.45) is 5.73 Å². The van der Waals surface area contributed by atoms with Crippen LogP contribution in [0.5, 0.6) is 11.5 Å². The highest BCUT2D eigenvalue weighted by molar-refractivity contribution is 6.02. The molecule has 0 aliphatic rings. The van der Waals surface area contributed by atoms with E-state index in [2.05, 4.69) is 0 Å². The molecule has 152 valence electrons. The first-order valence-electron chi connectivity index (χ1n) is 9.03. The quantitative estimate of drug-likeness (QED) is 0.592. The minimum absolute atomic E-state index is 0.0441. The molecule has 3 aromatic rings. The van der Waals surface area contributed by atoms with Crippen LogP contribution in [0.15, 0.2) is 54.6 Å². The van der Waals surface area contributed by atoms with Crippen LogP contribution in [-0.2, 0) is 6.18 Å². The Morgan fingerprint density at radius 2 is 1.76 bits per heavy atom. The van der Waals surface area contributed by atoms with Crippen LogP contribution in [0.25, 0.3) is 10.8 Å². The Bertz CT molecular complexity index is 1030. The molecule has 0 fully saturated rings. The van der Waals surface area contributed by atoms with Gasteiger partial charge in [-0.1, -0.05) is 19.1 Å². The molecule has 0 saturated carbocycles. The van der Waals surface area contributed by atoms with Gasteiger partial charge in [0, 0.05) is 17.6 Å². The van der Waals surface area contributed by atoms with E-state index in [9.17, 15) is 23.1 Å². The van der Waals surface area contributed by atoms with E-state index in [1.54, 1.807) is 24.3 Å². The molecule has 3 rings (SSSR count). The summed E-state index contributed by atoms with van der Waals surface area (Å²) in [5.41, 5.74) is 5.85. The second kappa shape index (κ2) is 8.13. The molecule has 0 spiro atoms. The number of aliphatic hydroxyl groups excluding tert-OH is 1. The number of amides is 1. The van der Waals surface area contributed by atoms with Crippen LogP contribution in [0, 0.1) is 0 Å². The Morgan fingerprint density at radius 1 is 1.07 bits per heavy atom. The van der Waals surface area contributed by atoms with E-state index in [4.69, 9.17) is 10.5 Å². The summed E-state index contributed by atoms with van der Waals surface area (Å²) in [4.78, 5) is 11.9. The van der Waals surface area contributed by atoms with E-state index >= 15 is 0 Å². The maximum atomic E-state index is 12.7. The summed E-state index contributed by atoms with van der Waals surface area (Å²) in [6.07, 6.45) is -3.97. The first kappa shape index (κ1) is 20.7. The number of carbonyl (C=O) groups excluding carboxylic acids is 1. The molecular formula is C22H20F3NO3. The number of ether oxygens (including phenoxy) is 1. The van der Waals surface area contributed by atoms with E-state index in [1.165, 1.54) is 12.1 Å². The molecular weight excluding hydrogens is 383 g/mol. The number of benzene rings is 3. The molecule has 0 aliphatic heterocycles. The number of rotatable bonds is 6. The molecule has 4 nitrogen and oxygen atoms in total. The average Bonchev–Trinajstić information content (AvgIpc) is 2.67. The van der Waals surface area contributed by atoms with Gasteiger partial charge in [-0.3, -0.25) is 4.79 Å². The second-order valence-electron chi connectivity index (χ2n) is 6.78. The van der Waals surface area contributed by atoms with Crippen molar-refractivity contribution in [2.45, 2.75) is 25.4 Å². The maximum absolute atomic E-state index is 12.7. The molecule has 3 aromatic carbocycles. The lowest BCUT2D eigenvalue weighted by atomic mass is 9.88. The number of carbonyl (C=O) groups is 1. The van der Waals surface area contributed by atoms with Gasteiger partial charge in [0.05, 0.1) is 5.56 Å². The lowest BCUT2D eigenvalue weighted by Crippen LogP contribution is -2.15. The molecule has 0 bridgehead atoms. The minimum atomic E-state index is -4.42. The Labute approximate surface area is 165 Å². The van der Waals surface area contributed by atoms with Gasteiger partial charge in [0.15, 0.2) is 0 Å². The Hall–Kier alpha value is -3.06. The van der Waals surface area contributed by atoms with Crippen molar-refractivity contribution >= 4 is 16.7 Å². The normalized spacial score (nSPS) is 12.7. The van der Waals surface area contributed by atoms with Crippen LogP contribution >= 0.6 is 0 Å². The highest BCUT2D eigenvalue weighted by Gasteiger charge is 2.30. The van der Waals surface area contributed by atoms with Crippen molar-refractivity contribution in [1.82, 2.24) is 0 Å². The number of fused-ring (bicyclic) bond motifs is 1. The molecule has 1 amide bonds. The Kier molecular flexibility index (Phi) is 5.79. The van der Waals surface area contributed by atoms with Crippen molar-refractivity contribution in [2.75, 3.05) is 6.61 Å². The lowest BCUT2D eigenvalue weighted by Gasteiger charge is -2.19. The summed E-state index contributed by atoms with van der Waals surface area (Å²) in [6, 6.07) is 13.0. The summed E-state index contributed by atoms with van der Waals surface area (Å²) in [7, 11) is 0. The van der Waals surface area contributed by atoms with Gasteiger partial charge in [0.1, 0.15) is 11.5 Å². The van der Waals surface area contributed by atoms with Gasteiger partial charge in [-0.15, -0.1) is 0 Å². The van der Waals surface area contributed by atoms with Gasteiger partial charge in [0.25, 0.3) is 0 Å². The highest BCUT2D eigenvalue weighted by atomic mass is 19.4. The van der Waals surface area contributed by atoms with Gasteiger partial charge >= 0.3 is 6.18 Å². The number of halogens is 3. The fourth-order valence-corrected chi connectivity index (χ4v) is 3.36. The Balaban J connectivity index is 2.06. The summed E-state index contributed by atoms with van der Waals surface area (Å²) in [5, 5.41) is 10.7. The van der Waals surface area contributed by atoms with Gasteiger partial charge in [-0.2, -0.15) is 13.2 Å². The highest BCUT2D eigenvalue weighted by Crippen LogP contribution is 2.37. The van der Waals surface area contributed by atoms with Gasteiger partial charge in [-0.25, -0.2) is 0 Å². The maximum Gasteiger partial charge on any atom is 0.416 e. The lowest BCUT2D eigenvalue weighted by molar-refractivity contribution is -0.137. The van der Waals surface area contributed by atoms with E-state index in [0.717, 1.165) is 17.5 Å². The van der Waals surface area contributed by atoms with Crippen molar-refractivity contribution < 1.29 is 27.8 Å². The van der Waals surface area contributed by atoms with Crippen molar-refractivity contribution in [1.29, 1.82) is 0 Å². The summed E-state index contributed by atoms with van der Waals surface area (Å²) < 4.78 is 44.1. The van der Waals surface area contributed by atoms with Crippen LogP contribution in [0.4, 0.5) is 13.2 Å². The van der Waals surface area contributed by atoms with Crippen molar-refractivity contribution in [3.05, 3.63) is 71.3 Å². The first-order chi connectivity index (χ1) is 13.7. The van der Waals surface area contributed by atoms with E-state index < -0.39 is 17.6 Å². The molecule has 1 atom stereocenters.